The maximum absolute atomic E-state index is 10.2. The lowest BCUT2D eigenvalue weighted by molar-refractivity contribution is -0.0108. The van der Waals surface area contributed by atoms with Crippen molar-refractivity contribution in [3.05, 3.63) is 23.8 Å². The van der Waals surface area contributed by atoms with E-state index < -0.39 is 5.60 Å². The van der Waals surface area contributed by atoms with Crippen LogP contribution in [0.3, 0.4) is 0 Å². The molecule has 0 unspecified atom stereocenters. The molecular formula is C15H26O2. The smallest absolute Gasteiger partial charge is 0.0675 e. The molecule has 0 spiro atoms. The van der Waals surface area contributed by atoms with Gasteiger partial charge in [-0.3, -0.25) is 0 Å². The Labute approximate surface area is 105 Å². The molecule has 2 N–H and O–H groups in total. The molecule has 0 aromatic rings. The highest BCUT2D eigenvalue weighted by Gasteiger charge is 2.43. The van der Waals surface area contributed by atoms with Crippen LogP contribution in [0.15, 0.2) is 23.8 Å². The van der Waals surface area contributed by atoms with E-state index in [9.17, 15) is 10.2 Å². The van der Waals surface area contributed by atoms with Gasteiger partial charge in [0.05, 0.1) is 5.60 Å². The summed E-state index contributed by atoms with van der Waals surface area (Å²) in [6, 6.07) is 0. The zero-order chi connectivity index (χ0) is 13.1. The molecule has 3 atom stereocenters. The van der Waals surface area contributed by atoms with Gasteiger partial charge in [0.15, 0.2) is 0 Å². The molecule has 0 radical (unpaired) electrons. The molecule has 0 aromatic carbocycles. The predicted molar refractivity (Wildman–Crippen MR) is 71.7 cm³/mol. The lowest BCUT2D eigenvalue weighted by atomic mass is 9.82. The first-order valence-electron chi connectivity index (χ1n) is 6.52. The van der Waals surface area contributed by atoms with Gasteiger partial charge in [-0.05, 0) is 52.4 Å². The van der Waals surface area contributed by atoms with Gasteiger partial charge >= 0.3 is 0 Å². The van der Waals surface area contributed by atoms with E-state index in [0.717, 1.165) is 25.7 Å². The number of rotatable bonds is 5. The molecule has 0 aromatic heterocycles. The molecule has 1 saturated carbocycles. The van der Waals surface area contributed by atoms with Crippen LogP contribution >= 0.6 is 0 Å². The number of aliphatic hydroxyl groups excluding tert-OH is 1. The fraction of sp³-hybridized carbons (Fsp3) is 0.733. The molecule has 1 rings (SSSR count). The van der Waals surface area contributed by atoms with E-state index in [1.165, 1.54) is 11.1 Å². The van der Waals surface area contributed by atoms with Crippen LogP contribution in [-0.2, 0) is 0 Å². The summed E-state index contributed by atoms with van der Waals surface area (Å²) < 4.78 is 0. The quantitative estimate of drug-likeness (QED) is 0.723. The second-order valence-corrected chi connectivity index (χ2v) is 5.77. The fourth-order valence-electron chi connectivity index (χ4n) is 2.81. The third kappa shape index (κ3) is 3.68. The van der Waals surface area contributed by atoms with Gasteiger partial charge < -0.3 is 10.2 Å². The monoisotopic (exact) mass is 238 g/mol. The fourth-order valence-corrected chi connectivity index (χ4v) is 2.81. The molecule has 0 aliphatic heterocycles. The van der Waals surface area contributed by atoms with Crippen LogP contribution in [-0.4, -0.2) is 22.4 Å². The molecule has 1 fully saturated rings. The maximum atomic E-state index is 10.2. The standard InChI is InChI=1S/C15H26O2/c1-11(2)6-5-7-12(3)13-8-9-15(4,17)14(13)10-16/h6,13-14,16-17H,3,5,7-10H2,1-2,4H3/t13-,14-,15+/m1/s1. The minimum absolute atomic E-state index is 0.0401. The van der Waals surface area contributed by atoms with Crippen LogP contribution < -0.4 is 0 Å². The Kier molecular flexibility index (Phi) is 4.96. The summed E-state index contributed by atoms with van der Waals surface area (Å²) in [5.74, 6) is 0.238. The van der Waals surface area contributed by atoms with Crippen molar-refractivity contribution < 1.29 is 10.2 Å². The summed E-state index contributed by atoms with van der Waals surface area (Å²) in [5.41, 5.74) is 1.79. The van der Waals surface area contributed by atoms with Gasteiger partial charge in [0, 0.05) is 12.5 Å². The first-order valence-corrected chi connectivity index (χ1v) is 6.52. The third-order valence-electron chi connectivity index (χ3n) is 3.99. The van der Waals surface area contributed by atoms with Gasteiger partial charge in [-0.1, -0.05) is 23.8 Å². The van der Waals surface area contributed by atoms with E-state index in [4.69, 9.17) is 0 Å². The van der Waals surface area contributed by atoms with E-state index in [0.29, 0.717) is 0 Å². The Balaban J connectivity index is 2.55. The van der Waals surface area contributed by atoms with Crippen molar-refractivity contribution in [3.63, 3.8) is 0 Å². The Bertz CT molecular complexity index is 298. The van der Waals surface area contributed by atoms with Crippen LogP contribution in [0.5, 0.6) is 0 Å². The first-order chi connectivity index (χ1) is 7.88. The van der Waals surface area contributed by atoms with Crippen LogP contribution in [0.1, 0.15) is 46.5 Å². The second kappa shape index (κ2) is 5.83. The van der Waals surface area contributed by atoms with Gasteiger partial charge in [0.2, 0.25) is 0 Å². The van der Waals surface area contributed by atoms with Gasteiger partial charge in [-0.25, -0.2) is 0 Å². The molecule has 98 valence electrons. The van der Waals surface area contributed by atoms with Crippen molar-refractivity contribution in [3.8, 4) is 0 Å². The number of allylic oxidation sites excluding steroid dienone is 3. The SMILES string of the molecule is C=C(CCC=C(C)C)[C@H]1CC[C@](C)(O)[C@@H]1CO. The molecule has 2 heteroatoms. The predicted octanol–water partition coefficient (Wildman–Crippen LogP) is 3.06. The Morgan fingerprint density at radius 2 is 2.12 bits per heavy atom. The Morgan fingerprint density at radius 1 is 1.47 bits per heavy atom. The maximum Gasteiger partial charge on any atom is 0.0675 e. The second-order valence-electron chi connectivity index (χ2n) is 5.77. The highest BCUT2D eigenvalue weighted by atomic mass is 16.3. The van der Waals surface area contributed by atoms with Crippen molar-refractivity contribution in [2.45, 2.75) is 52.1 Å². The Hall–Kier alpha value is -0.600. The minimum Gasteiger partial charge on any atom is -0.396 e. The molecular weight excluding hydrogens is 212 g/mol. The zero-order valence-electron chi connectivity index (χ0n) is 11.4. The summed E-state index contributed by atoms with van der Waals surface area (Å²) in [6.07, 6.45) is 5.91. The summed E-state index contributed by atoms with van der Waals surface area (Å²) in [6.45, 7) is 10.2. The van der Waals surface area contributed by atoms with E-state index >= 15 is 0 Å². The molecule has 0 heterocycles. The highest BCUT2D eigenvalue weighted by Crippen LogP contribution is 2.44. The van der Waals surface area contributed by atoms with Crippen molar-refractivity contribution in [2.75, 3.05) is 6.61 Å². The molecule has 0 amide bonds. The van der Waals surface area contributed by atoms with Crippen molar-refractivity contribution in [1.82, 2.24) is 0 Å². The van der Waals surface area contributed by atoms with Crippen LogP contribution in [0.25, 0.3) is 0 Å². The summed E-state index contributed by atoms with van der Waals surface area (Å²) in [5, 5.41) is 19.6. The van der Waals surface area contributed by atoms with Gasteiger partial charge in [0.25, 0.3) is 0 Å². The van der Waals surface area contributed by atoms with Crippen molar-refractivity contribution in [1.29, 1.82) is 0 Å². The molecule has 2 nitrogen and oxygen atoms in total. The molecule has 17 heavy (non-hydrogen) atoms. The average Bonchev–Trinajstić information content (AvgIpc) is 2.52. The van der Waals surface area contributed by atoms with E-state index in [1.54, 1.807) is 0 Å². The number of aliphatic hydroxyl groups is 2. The molecule has 0 saturated heterocycles. The largest absolute Gasteiger partial charge is 0.396 e. The lowest BCUT2D eigenvalue weighted by Gasteiger charge is -2.28. The van der Waals surface area contributed by atoms with Crippen LogP contribution in [0, 0.1) is 11.8 Å². The molecule has 0 bridgehead atoms. The van der Waals surface area contributed by atoms with Gasteiger partial charge in [-0.2, -0.15) is 0 Å². The van der Waals surface area contributed by atoms with Gasteiger partial charge in [-0.15, -0.1) is 0 Å². The number of hydrogen-bond acceptors (Lipinski definition) is 2. The van der Waals surface area contributed by atoms with Crippen LogP contribution in [0.4, 0.5) is 0 Å². The van der Waals surface area contributed by atoms with E-state index in [1.807, 2.05) is 6.92 Å². The van der Waals surface area contributed by atoms with Crippen molar-refractivity contribution in [2.24, 2.45) is 11.8 Å². The number of hydrogen-bond donors (Lipinski definition) is 2. The van der Waals surface area contributed by atoms with Crippen LogP contribution in [0.2, 0.25) is 0 Å². The Morgan fingerprint density at radius 3 is 2.65 bits per heavy atom. The van der Waals surface area contributed by atoms with Gasteiger partial charge in [0.1, 0.15) is 0 Å². The zero-order valence-corrected chi connectivity index (χ0v) is 11.4. The minimum atomic E-state index is -0.723. The molecule has 1 aliphatic rings. The molecule has 1 aliphatic carbocycles. The third-order valence-corrected chi connectivity index (χ3v) is 3.99. The summed E-state index contributed by atoms with van der Waals surface area (Å²) >= 11 is 0. The van der Waals surface area contributed by atoms with E-state index in [2.05, 4.69) is 26.5 Å². The highest BCUT2D eigenvalue weighted by molar-refractivity contribution is 5.11. The first kappa shape index (κ1) is 14.5. The van der Waals surface area contributed by atoms with Crippen molar-refractivity contribution >= 4 is 0 Å². The lowest BCUT2D eigenvalue weighted by Crippen LogP contribution is -2.34. The topological polar surface area (TPSA) is 40.5 Å². The summed E-state index contributed by atoms with van der Waals surface area (Å²) in [4.78, 5) is 0. The summed E-state index contributed by atoms with van der Waals surface area (Å²) in [7, 11) is 0. The van der Waals surface area contributed by atoms with E-state index in [-0.39, 0.29) is 18.4 Å². The normalized spacial score (nSPS) is 32.5. The average molecular weight is 238 g/mol.